The summed E-state index contributed by atoms with van der Waals surface area (Å²) in [5.41, 5.74) is 1.52. The summed E-state index contributed by atoms with van der Waals surface area (Å²) in [6.07, 6.45) is 7.12. The number of aryl methyl sites for hydroxylation is 1. The van der Waals surface area contributed by atoms with E-state index in [-0.39, 0.29) is 5.82 Å². The van der Waals surface area contributed by atoms with Crippen LogP contribution in [0.2, 0.25) is 0 Å². The Labute approximate surface area is 154 Å². The van der Waals surface area contributed by atoms with Gasteiger partial charge in [-0.15, -0.1) is 0 Å². The molecule has 2 heterocycles. The second-order valence-electron chi connectivity index (χ2n) is 7.35. The summed E-state index contributed by atoms with van der Waals surface area (Å²) in [4.78, 5) is 4.17. The number of ether oxygens (including phenoxy) is 1. The number of hydrogen-bond acceptors (Lipinski definition) is 4. The van der Waals surface area contributed by atoms with Gasteiger partial charge in [-0.1, -0.05) is 12.5 Å². The molecule has 0 radical (unpaired) electrons. The van der Waals surface area contributed by atoms with Crippen LogP contribution >= 0.6 is 0 Å². The molecule has 0 bridgehead atoms. The lowest BCUT2D eigenvalue weighted by Crippen LogP contribution is -2.50. The molecule has 5 nitrogen and oxygen atoms in total. The maximum atomic E-state index is 14.6. The van der Waals surface area contributed by atoms with E-state index in [2.05, 4.69) is 15.6 Å². The molecule has 0 amide bonds. The Hall–Kier alpha value is -1.76. The molecule has 1 aliphatic carbocycles. The van der Waals surface area contributed by atoms with Gasteiger partial charge in [-0.2, -0.15) is 0 Å². The van der Waals surface area contributed by atoms with Crippen LogP contribution in [0.15, 0.2) is 30.6 Å². The number of hydrogen-bond donors (Lipinski definition) is 2. The monoisotopic (exact) mass is 358 g/mol. The zero-order valence-corrected chi connectivity index (χ0v) is 15.2. The van der Waals surface area contributed by atoms with Gasteiger partial charge in [-0.05, 0) is 43.4 Å². The fourth-order valence-electron chi connectivity index (χ4n) is 4.32. The maximum absolute atomic E-state index is 14.6. The summed E-state index contributed by atoms with van der Waals surface area (Å²) < 4.78 is 22.0. The van der Waals surface area contributed by atoms with Gasteiger partial charge in [0.2, 0.25) is 0 Å². The zero-order valence-electron chi connectivity index (χ0n) is 15.2. The Balaban J connectivity index is 1.40. The lowest BCUT2D eigenvalue weighted by molar-refractivity contribution is 0.0524. The minimum Gasteiger partial charge on any atom is -0.379 e. The van der Waals surface area contributed by atoms with Crippen molar-refractivity contribution in [1.82, 2.24) is 20.2 Å². The highest BCUT2D eigenvalue weighted by atomic mass is 19.1. The van der Waals surface area contributed by atoms with Crippen molar-refractivity contribution in [2.75, 3.05) is 19.8 Å². The maximum Gasteiger partial charge on any atom is 0.147 e. The summed E-state index contributed by atoms with van der Waals surface area (Å²) in [5.74, 6) is 1.16. The van der Waals surface area contributed by atoms with Gasteiger partial charge in [0.05, 0.1) is 18.9 Å². The number of morpholine rings is 1. The molecule has 2 N–H and O–H groups in total. The largest absolute Gasteiger partial charge is 0.379 e. The van der Waals surface area contributed by atoms with Crippen LogP contribution in [0.5, 0.6) is 0 Å². The fraction of sp³-hybridized carbons (Fsp3) is 0.550. The highest BCUT2D eigenvalue weighted by Gasteiger charge is 2.34. The summed E-state index contributed by atoms with van der Waals surface area (Å²) in [6.45, 7) is 5.11. The highest BCUT2D eigenvalue weighted by molar-refractivity contribution is 5.37. The van der Waals surface area contributed by atoms with Gasteiger partial charge in [0.15, 0.2) is 0 Å². The van der Waals surface area contributed by atoms with Gasteiger partial charge in [0.25, 0.3) is 0 Å². The van der Waals surface area contributed by atoms with Gasteiger partial charge in [-0.25, -0.2) is 9.37 Å². The van der Waals surface area contributed by atoms with Crippen molar-refractivity contribution in [3.8, 4) is 5.69 Å². The zero-order chi connectivity index (χ0) is 17.9. The van der Waals surface area contributed by atoms with Crippen LogP contribution in [0.25, 0.3) is 5.69 Å². The van der Waals surface area contributed by atoms with Crippen LogP contribution in [0, 0.1) is 18.7 Å². The van der Waals surface area contributed by atoms with Crippen molar-refractivity contribution in [1.29, 1.82) is 0 Å². The first-order valence-corrected chi connectivity index (χ1v) is 9.55. The molecule has 26 heavy (non-hydrogen) atoms. The Kier molecular flexibility index (Phi) is 5.33. The van der Waals surface area contributed by atoms with Crippen LogP contribution in [0.4, 0.5) is 4.39 Å². The summed E-state index contributed by atoms with van der Waals surface area (Å²) >= 11 is 0. The number of nitrogens with zero attached hydrogens (tertiary/aromatic N) is 2. The molecule has 2 aromatic rings. The lowest BCUT2D eigenvalue weighted by atomic mass is 9.94. The topological polar surface area (TPSA) is 51.1 Å². The van der Waals surface area contributed by atoms with E-state index in [4.69, 9.17) is 4.74 Å². The smallest absolute Gasteiger partial charge is 0.147 e. The molecular formula is C20H27FN4O. The molecule has 4 rings (SSSR count). The van der Waals surface area contributed by atoms with E-state index in [0.717, 1.165) is 31.1 Å². The molecule has 140 valence electrons. The van der Waals surface area contributed by atoms with Gasteiger partial charge in [0, 0.05) is 37.6 Å². The van der Waals surface area contributed by atoms with E-state index < -0.39 is 0 Å². The second-order valence-corrected chi connectivity index (χ2v) is 7.35. The molecular weight excluding hydrogens is 331 g/mol. The number of nitrogens with one attached hydrogen (secondary N) is 2. The normalized spacial score (nSPS) is 26.3. The minimum absolute atomic E-state index is 0.212. The molecule has 0 spiro atoms. The van der Waals surface area contributed by atoms with E-state index in [9.17, 15) is 4.39 Å². The molecule has 1 saturated carbocycles. The van der Waals surface area contributed by atoms with Gasteiger partial charge < -0.3 is 19.9 Å². The molecule has 3 atom stereocenters. The average Bonchev–Trinajstić information content (AvgIpc) is 3.30. The average molecular weight is 358 g/mol. The van der Waals surface area contributed by atoms with E-state index in [1.165, 1.54) is 19.3 Å². The number of rotatable bonds is 5. The Morgan fingerprint density at radius 2 is 2.31 bits per heavy atom. The predicted octanol–water partition coefficient (Wildman–Crippen LogP) is 2.57. The Morgan fingerprint density at radius 3 is 3.04 bits per heavy atom. The van der Waals surface area contributed by atoms with Crippen LogP contribution in [0.3, 0.4) is 0 Å². The van der Waals surface area contributed by atoms with Crippen molar-refractivity contribution in [2.45, 2.75) is 44.8 Å². The van der Waals surface area contributed by atoms with E-state index >= 15 is 0 Å². The van der Waals surface area contributed by atoms with Crippen LogP contribution in [0.1, 0.15) is 30.7 Å². The standard InChI is InChI=1S/C20H27FN4O/c1-14-22-7-9-25(14)20-6-5-15(11-17(20)21)12-24-18-4-2-3-16(18)19-13-26-10-8-23-19/h5-7,9,11,16,18-19,23-24H,2-4,8,10,12-13H2,1H3. The van der Waals surface area contributed by atoms with Crippen LogP contribution in [-0.4, -0.2) is 41.4 Å². The van der Waals surface area contributed by atoms with Crippen LogP contribution in [-0.2, 0) is 11.3 Å². The van der Waals surface area contributed by atoms with Crippen molar-refractivity contribution >= 4 is 0 Å². The SMILES string of the molecule is Cc1nccn1-c1ccc(CNC2CCCC2C2COCCN2)cc1F. The summed E-state index contributed by atoms with van der Waals surface area (Å²) in [5, 5.41) is 7.25. The quantitative estimate of drug-likeness (QED) is 0.863. The third kappa shape index (κ3) is 3.68. The number of imidazole rings is 1. The predicted molar refractivity (Wildman–Crippen MR) is 98.8 cm³/mol. The minimum atomic E-state index is -0.212. The van der Waals surface area contributed by atoms with Crippen molar-refractivity contribution in [3.05, 3.63) is 47.8 Å². The lowest BCUT2D eigenvalue weighted by Gasteiger charge is -2.33. The summed E-state index contributed by atoms with van der Waals surface area (Å²) in [6, 6.07) is 6.37. The first-order chi connectivity index (χ1) is 12.7. The Morgan fingerprint density at radius 1 is 1.38 bits per heavy atom. The summed E-state index contributed by atoms with van der Waals surface area (Å²) in [7, 11) is 0. The van der Waals surface area contributed by atoms with E-state index in [1.807, 2.05) is 19.1 Å². The van der Waals surface area contributed by atoms with Crippen molar-refractivity contribution < 1.29 is 9.13 Å². The molecule has 1 aromatic carbocycles. The van der Waals surface area contributed by atoms with Crippen LogP contribution < -0.4 is 10.6 Å². The third-order valence-corrected chi connectivity index (χ3v) is 5.70. The third-order valence-electron chi connectivity index (χ3n) is 5.70. The molecule has 1 saturated heterocycles. The van der Waals surface area contributed by atoms with Gasteiger partial charge in [-0.3, -0.25) is 0 Å². The molecule has 3 unspecified atom stereocenters. The first-order valence-electron chi connectivity index (χ1n) is 9.55. The molecule has 1 aliphatic heterocycles. The van der Waals surface area contributed by atoms with E-state index in [0.29, 0.717) is 30.2 Å². The van der Waals surface area contributed by atoms with Crippen molar-refractivity contribution in [2.24, 2.45) is 5.92 Å². The molecule has 2 fully saturated rings. The molecule has 1 aromatic heterocycles. The first kappa shape index (κ1) is 17.6. The molecule has 6 heteroatoms. The van der Waals surface area contributed by atoms with Gasteiger partial charge in [0.1, 0.15) is 11.6 Å². The number of halogens is 1. The van der Waals surface area contributed by atoms with Crippen molar-refractivity contribution in [3.63, 3.8) is 0 Å². The number of benzene rings is 1. The molecule has 2 aliphatic rings. The second kappa shape index (κ2) is 7.86. The number of aromatic nitrogens is 2. The van der Waals surface area contributed by atoms with Gasteiger partial charge >= 0.3 is 0 Å². The Bertz CT molecular complexity index is 741. The van der Waals surface area contributed by atoms with E-state index in [1.54, 1.807) is 23.0 Å². The highest BCUT2D eigenvalue weighted by Crippen LogP contribution is 2.30. The fourth-order valence-corrected chi connectivity index (χ4v) is 4.32.